The molecule has 2 aromatic rings. The Kier molecular flexibility index (Phi) is 6.56. The van der Waals surface area contributed by atoms with Crippen LogP contribution in [0.3, 0.4) is 0 Å². The van der Waals surface area contributed by atoms with Gasteiger partial charge in [0.15, 0.2) is 5.82 Å². The minimum absolute atomic E-state index is 0. The third kappa shape index (κ3) is 4.76. The quantitative estimate of drug-likeness (QED) is 0.863. The summed E-state index contributed by atoms with van der Waals surface area (Å²) in [6.45, 7) is 2.01. The van der Waals surface area contributed by atoms with E-state index in [4.69, 9.17) is 0 Å². The minimum atomic E-state index is -0.0152. The number of aromatic nitrogens is 3. The molecule has 2 N–H and O–H groups in total. The third-order valence-corrected chi connectivity index (χ3v) is 4.69. The van der Waals surface area contributed by atoms with Gasteiger partial charge in [-0.25, -0.2) is 4.68 Å². The molecule has 23 heavy (non-hydrogen) atoms. The number of hydrogen-bond acceptors (Lipinski definition) is 5. The first-order chi connectivity index (χ1) is 10.7. The summed E-state index contributed by atoms with van der Waals surface area (Å²) in [6.07, 6.45) is 3.33. The van der Waals surface area contributed by atoms with Gasteiger partial charge in [0.05, 0.1) is 0 Å². The van der Waals surface area contributed by atoms with Gasteiger partial charge in [-0.1, -0.05) is 0 Å². The van der Waals surface area contributed by atoms with Crippen LogP contribution in [0.4, 0.5) is 5.95 Å². The lowest BCUT2D eigenvalue weighted by molar-refractivity contribution is -0.116. The van der Waals surface area contributed by atoms with E-state index in [1.807, 2.05) is 12.4 Å². The van der Waals surface area contributed by atoms with Gasteiger partial charge >= 0.3 is 0 Å². The fourth-order valence-electron chi connectivity index (χ4n) is 2.65. The van der Waals surface area contributed by atoms with Crippen LogP contribution >= 0.6 is 23.7 Å². The second-order valence-corrected chi connectivity index (χ2v) is 6.40. The molecule has 1 amide bonds. The van der Waals surface area contributed by atoms with E-state index in [-0.39, 0.29) is 18.3 Å². The highest BCUT2D eigenvalue weighted by Gasteiger charge is 2.21. The number of anilines is 1. The fourth-order valence-corrected chi connectivity index (χ4v) is 3.35. The van der Waals surface area contributed by atoms with E-state index in [1.54, 1.807) is 16.0 Å². The van der Waals surface area contributed by atoms with Crippen molar-refractivity contribution >= 4 is 35.6 Å². The second-order valence-electron chi connectivity index (χ2n) is 5.62. The number of rotatable bonds is 5. The molecule has 126 valence electrons. The van der Waals surface area contributed by atoms with E-state index in [2.05, 4.69) is 32.2 Å². The molecule has 3 rings (SSSR count). The average molecular weight is 356 g/mol. The summed E-state index contributed by atoms with van der Waals surface area (Å²) in [5.41, 5.74) is 1.20. The van der Waals surface area contributed by atoms with Crippen molar-refractivity contribution < 1.29 is 4.79 Å². The van der Waals surface area contributed by atoms with Gasteiger partial charge in [0.2, 0.25) is 11.9 Å². The number of carbonyl (C=O) groups is 1. The Labute approximate surface area is 146 Å². The number of amides is 1. The predicted molar refractivity (Wildman–Crippen MR) is 94.4 cm³/mol. The molecule has 1 saturated heterocycles. The topological polar surface area (TPSA) is 71.8 Å². The Balaban J connectivity index is 0.00000192. The molecule has 0 atom stereocenters. The summed E-state index contributed by atoms with van der Waals surface area (Å²) in [5.74, 6) is 1.77. The molecule has 6 nitrogen and oxygen atoms in total. The highest BCUT2D eigenvalue weighted by atomic mass is 35.5. The van der Waals surface area contributed by atoms with Crippen molar-refractivity contribution in [3.63, 3.8) is 0 Å². The maximum absolute atomic E-state index is 12.0. The first kappa shape index (κ1) is 17.9. The zero-order valence-electron chi connectivity index (χ0n) is 13.1. The SMILES string of the molecule is Cl.Cn1nc(C2CCNCC2)nc1NC(=O)CCc1ccsc1. The number of nitrogens with zero attached hydrogens (tertiary/aromatic N) is 3. The normalized spacial score (nSPS) is 15.2. The Bertz CT molecular complexity index is 622. The molecule has 0 aliphatic carbocycles. The molecule has 2 aromatic heterocycles. The van der Waals surface area contributed by atoms with E-state index in [9.17, 15) is 4.79 Å². The molecular weight excluding hydrogens is 334 g/mol. The number of aryl methyl sites for hydroxylation is 2. The summed E-state index contributed by atoms with van der Waals surface area (Å²) < 4.78 is 1.67. The predicted octanol–water partition coefficient (Wildman–Crippen LogP) is 2.34. The first-order valence-electron chi connectivity index (χ1n) is 7.65. The Morgan fingerprint density at radius 3 is 2.96 bits per heavy atom. The van der Waals surface area contributed by atoms with Gasteiger partial charge in [-0.05, 0) is 54.7 Å². The van der Waals surface area contributed by atoms with Crippen molar-refractivity contribution in [1.29, 1.82) is 0 Å². The molecule has 1 aliphatic rings. The van der Waals surface area contributed by atoms with Gasteiger partial charge in [-0.3, -0.25) is 10.1 Å². The molecule has 0 saturated carbocycles. The number of hydrogen-bond donors (Lipinski definition) is 2. The maximum Gasteiger partial charge on any atom is 0.227 e. The zero-order chi connectivity index (χ0) is 15.4. The lowest BCUT2D eigenvalue weighted by Crippen LogP contribution is -2.27. The Morgan fingerprint density at radius 1 is 1.48 bits per heavy atom. The van der Waals surface area contributed by atoms with Crippen LogP contribution in [0.5, 0.6) is 0 Å². The summed E-state index contributed by atoms with van der Waals surface area (Å²) in [7, 11) is 1.83. The van der Waals surface area contributed by atoms with Gasteiger partial charge in [-0.2, -0.15) is 21.4 Å². The molecule has 0 unspecified atom stereocenters. The number of halogens is 1. The van der Waals surface area contributed by atoms with Crippen molar-refractivity contribution in [1.82, 2.24) is 20.1 Å². The van der Waals surface area contributed by atoms with E-state index >= 15 is 0 Å². The smallest absolute Gasteiger partial charge is 0.227 e. The van der Waals surface area contributed by atoms with Gasteiger partial charge in [0.25, 0.3) is 0 Å². The number of carbonyl (C=O) groups excluding carboxylic acids is 1. The molecule has 3 heterocycles. The molecule has 8 heteroatoms. The van der Waals surface area contributed by atoms with Crippen molar-refractivity contribution in [2.24, 2.45) is 7.05 Å². The third-order valence-electron chi connectivity index (χ3n) is 3.96. The lowest BCUT2D eigenvalue weighted by atomic mass is 9.98. The summed E-state index contributed by atoms with van der Waals surface area (Å²) >= 11 is 1.65. The molecule has 0 bridgehead atoms. The van der Waals surface area contributed by atoms with Crippen LogP contribution in [-0.2, 0) is 18.3 Å². The molecule has 0 radical (unpaired) electrons. The monoisotopic (exact) mass is 355 g/mol. The van der Waals surface area contributed by atoms with Gasteiger partial charge in [0.1, 0.15) is 0 Å². The molecule has 1 aliphatic heterocycles. The Morgan fingerprint density at radius 2 is 2.26 bits per heavy atom. The highest BCUT2D eigenvalue weighted by molar-refractivity contribution is 7.07. The van der Waals surface area contributed by atoms with Crippen LogP contribution in [0.25, 0.3) is 0 Å². The van der Waals surface area contributed by atoms with Crippen LogP contribution in [0, 0.1) is 0 Å². The summed E-state index contributed by atoms with van der Waals surface area (Å²) in [5, 5.41) is 14.8. The minimum Gasteiger partial charge on any atom is -0.317 e. The van der Waals surface area contributed by atoms with Gasteiger partial charge in [0, 0.05) is 19.4 Å². The molecule has 1 fully saturated rings. The lowest BCUT2D eigenvalue weighted by Gasteiger charge is -2.19. The van der Waals surface area contributed by atoms with Crippen LogP contribution in [0.1, 0.15) is 36.6 Å². The Hall–Kier alpha value is -1.44. The van der Waals surface area contributed by atoms with Crippen LogP contribution in [-0.4, -0.2) is 33.8 Å². The van der Waals surface area contributed by atoms with Crippen LogP contribution < -0.4 is 10.6 Å². The van der Waals surface area contributed by atoms with Crippen molar-refractivity contribution in [3.8, 4) is 0 Å². The van der Waals surface area contributed by atoms with E-state index in [1.165, 1.54) is 5.56 Å². The second kappa shape index (κ2) is 8.42. The van der Waals surface area contributed by atoms with E-state index < -0.39 is 0 Å². The largest absolute Gasteiger partial charge is 0.317 e. The van der Waals surface area contributed by atoms with Crippen LogP contribution in [0.2, 0.25) is 0 Å². The average Bonchev–Trinajstić information content (AvgIpc) is 3.17. The number of thiophene rings is 1. The molecule has 0 spiro atoms. The highest BCUT2D eigenvalue weighted by Crippen LogP contribution is 2.23. The van der Waals surface area contributed by atoms with Gasteiger partial charge < -0.3 is 5.32 Å². The van der Waals surface area contributed by atoms with Gasteiger partial charge in [-0.15, -0.1) is 12.4 Å². The fraction of sp³-hybridized carbons (Fsp3) is 0.533. The number of piperidine rings is 1. The zero-order valence-corrected chi connectivity index (χ0v) is 14.8. The standard InChI is InChI=1S/C15H21N5OS.ClH/c1-20-15(17-13(21)3-2-11-6-9-22-10-11)18-14(19-20)12-4-7-16-8-5-12;/h6,9-10,12,16H,2-5,7-8H2,1H3,(H,17,18,19,21);1H. The first-order valence-corrected chi connectivity index (χ1v) is 8.59. The molecule has 0 aromatic carbocycles. The van der Waals surface area contributed by atoms with Crippen molar-refractivity contribution in [3.05, 3.63) is 28.2 Å². The van der Waals surface area contributed by atoms with Crippen molar-refractivity contribution in [2.45, 2.75) is 31.6 Å². The number of nitrogens with one attached hydrogen (secondary N) is 2. The summed E-state index contributed by atoms with van der Waals surface area (Å²) in [4.78, 5) is 16.6. The van der Waals surface area contributed by atoms with E-state index in [0.717, 1.165) is 38.2 Å². The van der Waals surface area contributed by atoms with E-state index in [0.29, 0.717) is 18.3 Å². The van der Waals surface area contributed by atoms with Crippen LogP contribution in [0.15, 0.2) is 16.8 Å². The summed E-state index contributed by atoms with van der Waals surface area (Å²) in [6, 6.07) is 2.05. The van der Waals surface area contributed by atoms with Crippen molar-refractivity contribution in [2.75, 3.05) is 18.4 Å². The molecular formula is C15H22ClN5OS. The maximum atomic E-state index is 12.0.